The van der Waals surface area contributed by atoms with E-state index in [1.165, 1.54) is 6.07 Å². The van der Waals surface area contributed by atoms with Crippen LogP contribution in [0.3, 0.4) is 0 Å². The van der Waals surface area contributed by atoms with E-state index in [1.807, 2.05) is 0 Å². The zero-order valence-electron chi connectivity index (χ0n) is 11.2. The van der Waals surface area contributed by atoms with Gasteiger partial charge in [0.05, 0.1) is 5.69 Å². The molecule has 1 aliphatic heterocycles. The Morgan fingerprint density at radius 1 is 1.43 bits per heavy atom. The van der Waals surface area contributed by atoms with Crippen molar-refractivity contribution in [2.24, 2.45) is 11.8 Å². The largest absolute Gasteiger partial charge is 0.432 e. The Morgan fingerprint density at radius 3 is 2.62 bits per heavy atom. The van der Waals surface area contributed by atoms with Crippen LogP contribution in [0, 0.1) is 17.7 Å². The summed E-state index contributed by atoms with van der Waals surface area (Å²) in [5, 5.41) is 5.55. The van der Waals surface area contributed by atoms with Crippen LogP contribution in [0.5, 0.6) is 5.75 Å². The number of amides is 1. The van der Waals surface area contributed by atoms with Crippen LogP contribution >= 0.6 is 12.4 Å². The summed E-state index contributed by atoms with van der Waals surface area (Å²) in [5.41, 5.74) is 0.0378. The van der Waals surface area contributed by atoms with Gasteiger partial charge in [-0.05, 0) is 31.1 Å². The molecule has 21 heavy (non-hydrogen) atoms. The van der Waals surface area contributed by atoms with Crippen LogP contribution < -0.4 is 15.4 Å². The molecule has 1 unspecified atom stereocenters. The average molecular weight is 325 g/mol. The average Bonchev–Trinajstić information content (AvgIpc) is 2.29. The summed E-state index contributed by atoms with van der Waals surface area (Å²) in [4.78, 5) is 12.0. The number of carbonyl (C=O) groups is 1. The van der Waals surface area contributed by atoms with Gasteiger partial charge in [-0.2, -0.15) is 8.78 Å². The summed E-state index contributed by atoms with van der Waals surface area (Å²) in [6, 6.07) is 3.09. The van der Waals surface area contributed by atoms with Gasteiger partial charge in [0.1, 0.15) is 5.82 Å². The Bertz CT molecular complexity index is 498. The van der Waals surface area contributed by atoms with Crippen molar-refractivity contribution in [1.29, 1.82) is 0 Å². The highest BCUT2D eigenvalue weighted by atomic mass is 35.5. The number of rotatable bonds is 5. The van der Waals surface area contributed by atoms with E-state index in [9.17, 15) is 18.0 Å². The summed E-state index contributed by atoms with van der Waals surface area (Å²) in [5.74, 6) is -1.44. The van der Waals surface area contributed by atoms with Gasteiger partial charge in [-0.25, -0.2) is 4.39 Å². The van der Waals surface area contributed by atoms with Crippen LogP contribution in [0.4, 0.5) is 18.9 Å². The topological polar surface area (TPSA) is 50.4 Å². The van der Waals surface area contributed by atoms with Crippen molar-refractivity contribution < 1.29 is 22.7 Å². The Labute approximate surface area is 126 Å². The molecule has 0 bridgehead atoms. The van der Waals surface area contributed by atoms with Gasteiger partial charge in [-0.15, -0.1) is 12.4 Å². The Kier molecular flexibility index (Phi) is 6.29. The highest BCUT2D eigenvalue weighted by Crippen LogP contribution is 2.28. The van der Waals surface area contributed by atoms with E-state index < -0.39 is 12.4 Å². The Balaban J connectivity index is 0.00000220. The molecule has 0 radical (unpaired) electrons. The summed E-state index contributed by atoms with van der Waals surface area (Å²) < 4.78 is 41.8. The van der Waals surface area contributed by atoms with Crippen molar-refractivity contribution in [1.82, 2.24) is 5.32 Å². The minimum absolute atomic E-state index is 0. The lowest BCUT2D eigenvalue weighted by molar-refractivity contribution is -0.121. The molecule has 1 aliphatic rings. The number of ether oxygens (including phenoxy) is 1. The maximum Gasteiger partial charge on any atom is 0.387 e. The number of alkyl halides is 2. The second-order valence-corrected chi connectivity index (χ2v) is 4.72. The highest BCUT2D eigenvalue weighted by Gasteiger charge is 2.29. The first-order valence-electron chi connectivity index (χ1n) is 6.23. The van der Waals surface area contributed by atoms with Gasteiger partial charge in [-0.1, -0.05) is 6.92 Å². The van der Waals surface area contributed by atoms with Crippen molar-refractivity contribution in [2.45, 2.75) is 13.5 Å². The molecule has 2 rings (SSSR count). The quantitative estimate of drug-likeness (QED) is 0.875. The van der Waals surface area contributed by atoms with E-state index in [1.54, 1.807) is 6.92 Å². The molecule has 4 nitrogen and oxygen atoms in total. The second kappa shape index (κ2) is 7.51. The van der Waals surface area contributed by atoms with E-state index in [4.69, 9.17) is 0 Å². The number of carbonyl (C=O) groups excluding carboxylic acids is 1. The van der Waals surface area contributed by atoms with Gasteiger partial charge in [0.15, 0.2) is 5.75 Å². The molecule has 0 aromatic heterocycles. The summed E-state index contributed by atoms with van der Waals surface area (Å²) in [6.07, 6.45) is 0. The van der Waals surface area contributed by atoms with E-state index in [2.05, 4.69) is 15.4 Å². The molecule has 2 N–H and O–H groups in total. The predicted octanol–water partition coefficient (Wildman–Crippen LogP) is 2.64. The van der Waals surface area contributed by atoms with E-state index in [0.29, 0.717) is 0 Å². The van der Waals surface area contributed by atoms with Crippen LogP contribution in [-0.4, -0.2) is 25.6 Å². The third-order valence-corrected chi connectivity index (χ3v) is 3.35. The number of nitrogens with one attached hydrogen (secondary N) is 2. The molecule has 1 saturated heterocycles. The smallest absolute Gasteiger partial charge is 0.387 e. The Hall–Kier alpha value is -1.47. The van der Waals surface area contributed by atoms with E-state index >= 15 is 0 Å². The van der Waals surface area contributed by atoms with Gasteiger partial charge in [0.25, 0.3) is 0 Å². The molecule has 1 aromatic carbocycles. The van der Waals surface area contributed by atoms with Gasteiger partial charge < -0.3 is 15.4 Å². The second-order valence-electron chi connectivity index (χ2n) is 4.72. The molecule has 0 aliphatic carbocycles. The van der Waals surface area contributed by atoms with Gasteiger partial charge in [0.2, 0.25) is 5.91 Å². The normalized spacial score (nSPS) is 15.9. The summed E-state index contributed by atoms with van der Waals surface area (Å²) in [6.45, 7) is 0.176. The van der Waals surface area contributed by atoms with Crippen molar-refractivity contribution in [3.8, 4) is 5.75 Å². The highest BCUT2D eigenvalue weighted by molar-refractivity contribution is 5.94. The molecular formula is C13H16ClF3N2O2. The van der Waals surface area contributed by atoms with Gasteiger partial charge in [0, 0.05) is 12.0 Å². The Morgan fingerprint density at radius 2 is 2.10 bits per heavy atom. The number of halogens is 4. The number of anilines is 1. The lowest BCUT2D eigenvalue weighted by Crippen LogP contribution is -2.48. The van der Waals surface area contributed by atoms with Crippen molar-refractivity contribution in [2.75, 3.05) is 18.4 Å². The monoisotopic (exact) mass is 324 g/mol. The predicted molar refractivity (Wildman–Crippen MR) is 74.4 cm³/mol. The fourth-order valence-corrected chi connectivity index (χ4v) is 1.92. The van der Waals surface area contributed by atoms with E-state index in [0.717, 1.165) is 25.2 Å². The first-order chi connectivity index (χ1) is 9.47. The fourth-order valence-electron chi connectivity index (χ4n) is 1.92. The van der Waals surface area contributed by atoms with Gasteiger partial charge >= 0.3 is 6.61 Å². The first-order valence-corrected chi connectivity index (χ1v) is 6.23. The summed E-state index contributed by atoms with van der Waals surface area (Å²) in [7, 11) is 0. The molecule has 1 heterocycles. The maximum atomic E-state index is 13.0. The molecule has 0 spiro atoms. The third kappa shape index (κ3) is 4.50. The molecule has 118 valence electrons. The minimum atomic E-state index is -3.08. The number of hydrogen-bond donors (Lipinski definition) is 2. The van der Waals surface area contributed by atoms with Crippen LogP contribution in [0.2, 0.25) is 0 Å². The number of hydrogen-bond acceptors (Lipinski definition) is 3. The lowest BCUT2D eigenvalue weighted by Gasteiger charge is -2.31. The number of benzene rings is 1. The molecule has 1 amide bonds. The summed E-state index contributed by atoms with van der Waals surface area (Å²) >= 11 is 0. The van der Waals surface area contributed by atoms with Crippen molar-refractivity contribution in [3.05, 3.63) is 24.0 Å². The molecular weight excluding hydrogens is 309 g/mol. The van der Waals surface area contributed by atoms with Crippen molar-refractivity contribution in [3.63, 3.8) is 0 Å². The lowest BCUT2D eigenvalue weighted by atomic mass is 9.88. The fraction of sp³-hybridized carbons (Fsp3) is 0.462. The molecule has 1 fully saturated rings. The van der Waals surface area contributed by atoms with Crippen LogP contribution in [0.1, 0.15) is 6.92 Å². The standard InChI is InChI=1S/C13H15F3N2O2.ClH/c1-7(8-5-17-6-8)12(19)18-10-3-2-9(14)4-11(10)20-13(15)16;/h2-4,7-8,13,17H,5-6H2,1H3,(H,18,19);1H. The van der Waals surface area contributed by atoms with Crippen LogP contribution in [0.15, 0.2) is 18.2 Å². The van der Waals surface area contributed by atoms with Crippen molar-refractivity contribution >= 4 is 24.0 Å². The molecule has 8 heteroatoms. The van der Waals surface area contributed by atoms with E-state index in [-0.39, 0.29) is 41.6 Å². The zero-order chi connectivity index (χ0) is 14.7. The van der Waals surface area contributed by atoms with Gasteiger partial charge in [-0.3, -0.25) is 4.79 Å². The maximum absolute atomic E-state index is 13.0. The minimum Gasteiger partial charge on any atom is -0.432 e. The third-order valence-electron chi connectivity index (χ3n) is 3.35. The molecule has 1 atom stereocenters. The first kappa shape index (κ1) is 17.6. The zero-order valence-corrected chi connectivity index (χ0v) is 12.1. The molecule has 1 aromatic rings. The SMILES string of the molecule is CC(C(=O)Nc1ccc(F)cc1OC(F)F)C1CNC1.Cl. The molecule has 0 saturated carbocycles. The van der Waals surface area contributed by atoms with Crippen LogP contribution in [-0.2, 0) is 4.79 Å². The van der Waals surface area contributed by atoms with Crippen LogP contribution in [0.25, 0.3) is 0 Å².